The van der Waals surface area contributed by atoms with E-state index >= 15 is 0 Å². The van der Waals surface area contributed by atoms with Crippen LogP contribution in [-0.2, 0) is 4.74 Å². The third-order valence-electron chi connectivity index (χ3n) is 5.20. The molecule has 3 heterocycles. The monoisotopic (exact) mass is 356 g/mol. The SMILES string of the molecule is Cc1noc([C@@H]2CN(C(=O)NC[C@@H]3CCCO3)C[C@H]2c2ccccc2)n1. The maximum absolute atomic E-state index is 12.7. The van der Waals surface area contributed by atoms with E-state index in [4.69, 9.17) is 9.26 Å². The number of nitrogens with zero attached hydrogens (tertiary/aromatic N) is 3. The summed E-state index contributed by atoms with van der Waals surface area (Å²) >= 11 is 0. The quantitative estimate of drug-likeness (QED) is 0.910. The molecule has 3 atom stereocenters. The van der Waals surface area contributed by atoms with Crippen molar-refractivity contribution >= 4 is 6.03 Å². The molecule has 2 fully saturated rings. The van der Waals surface area contributed by atoms with E-state index in [1.165, 1.54) is 5.56 Å². The number of carbonyl (C=O) groups excluding carboxylic acids is 1. The molecule has 26 heavy (non-hydrogen) atoms. The van der Waals surface area contributed by atoms with Crippen molar-refractivity contribution in [1.29, 1.82) is 0 Å². The maximum Gasteiger partial charge on any atom is 0.317 e. The van der Waals surface area contributed by atoms with Crippen LogP contribution in [0, 0.1) is 6.92 Å². The molecule has 4 rings (SSSR count). The molecule has 7 nitrogen and oxygen atoms in total. The second kappa shape index (κ2) is 7.45. The number of amides is 2. The van der Waals surface area contributed by atoms with E-state index in [1.54, 1.807) is 0 Å². The maximum atomic E-state index is 12.7. The number of benzene rings is 1. The van der Waals surface area contributed by atoms with Crippen LogP contribution >= 0.6 is 0 Å². The van der Waals surface area contributed by atoms with E-state index in [-0.39, 0.29) is 24.0 Å². The van der Waals surface area contributed by atoms with E-state index in [9.17, 15) is 4.79 Å². The smallest absolute Gasteiger partial charge is 0.317 e. The van der Waals surface area contributed by atoms with E-state index in [0.717, 1.165) is 19.4 Å². The van der Waals surface area contributed by atoms with Crippen molar-refractivity contribution in [3.8, 4) is 0 Å². The highest BCUT2D eigenvalue weighted by molar-refractivity contribution is 5.75. The van der Waals surface area contributed by atoms with Crippen LogP contribution in [0.25, 0.3) is 0 Å². The zero-order chi connectivity index (χ0) is 17.9. The van der Waals surface area contributed by atoms with Gasteiger partial charge in [-0.1, -0.05) is 35.5 Å². The summed E-state index contributed by atoms with van der Waals surface area (Å²) in [6.07, 6.45) is 2.22. The molecule has 0 radical (unpaired) electrons. The molecule has 2 aliphatic heterocycles. The Hall–Kier alpha value is -2.41. The number of ether oxygens (including phenoxy) is 1. The highest BCUT2D eigenvalue weighted by Crippen LogP contribution is 2.38. The lowest BCUT2D eigenvalue weighted by molar-refractivity contribution is 0.109. The first-order valence-electron chi connectivity index (χ1n) is 9.20. The Morgan fingerprint density at radius 1 is 1.27 bits per heavy atom. The van der Waals surface area contributed by atoms with Crippen molar-refractivity contribution in [2.45, 2.75) is 37.7 Å². The minimum atomic E-state index is -0.0554. The van der Waals surface area contributed by atoms with E-state index in [0.29, 0.717) is 31.3 Å². The summed E-state index contributed by atoms with van der Waals surface area (Å²) in [6.45, 7) is 4.37. The number of aromatic nitrogens is 2. The second-order valence-corrected chi connectivity index (χ2v) is 7.03. The summed E-state index contributed by atoms with van der Waals surface area (Å²) in [5.74, 6) is 1.37. The molecule has 138 valence electrons. The number of likely N-dealkylation sites (tertiary alicyclic amines) is 1. The fraction of sp³-hybridized carbons (Fsp3) is 0.526. The number of nitrogens with one attached hydrogen (secondary N) is 1. The molecule has 1 aromatic heterocycles. The van der Waals surface area contributed by atoms with E-state index in [1.807, 2.05) is 30.0 Å². The van der Waals surface area contributed by atoms with Crippen LogP contribution < -0.4 is 5.32 Å². The van der Waals surface area contributed by atoms with Crippen LogP contribution in [0.1, 0.15) is 42.0 Å². The Kier molecular flexibility index (Phi) is 4.88. The summed E-state index contributed by atoms with van der Waals surface area (Å²) in [4.78, 5) is 18.9. The molecule has 0 aliphatic carbocycles. The molecule has 2 aliphatic rings. The van der Waals surface area contributed by atoms with Gasteiger partial charge in [0.2, 0.25) is 5.89 Å². The van der Waals surface area contributed by atoms with E-state index < -0.39 is 0 Å². The van der Waals surface area contributed by atoms with Crippen LogP contribution in [0.5, 0.6) is 0 Å². The Morgan fingerprint density at radius 3 is 2.77 bits per heavy atom. The predicted octanol–water partition coefficient (Wildman–Crippen LogP) is 2.45. The highest BCUT2D eigenvalue weighted by atomic mass is 16.5. The molecule has 0 bridgehead atoms. The van der Waals surface area contributed by atoms with Gasteiger partial charge in [0.25, 0.3) is 0 Å². The number of urea groups is 1. The lowest BCUT2D eigenvalue weighted by Crippen LogP contribution is -2.41. The second-order valence-electron chi connectivity index (χ2n) is 7.03. The molecule has 2 saturated heterocycles. The number of carbonyl (C=O) groups is 1. The summed E-state index contributed by atoms with van der Waals surface area (Å²) < 4.78 is 11.0. The topological polar surface area (TPSA) is 80.5 Å². The van der Waals surface area contributed by atoms with Crippen LogP contribution in [0.2, 0.25) is 0 Å². The summed E-state index contributed by atoms with van der Waals surface area (Å²) in [7, 11) is 0. The van der Waals surface area contributed by atoms with Crippen molar-refractivity contribution in [2.75, 3.05) is 26.2 Å². The molecule has 1 aromatic carbocycles. The van der Waals surface area contributed by atoms with E-state index in [2.05, 4.69) is 27.6 Å². The zero-order valence-corrected chi connectivity index (χ0v) is 14.9. The number of hydrogen-bond donors (Lipinski definition) is 1. The Bertz CT molecular complexity index is 742. The Morgan fingerprint density at radius 2 is 2.08 bits per heavy atom. The Balaban J connectivity index is 1.48. The van der Waals surface area contributed by atoms with Gasteiger partial charge in [0.05, 0.1) is 12.0 Å². The van der Waals surface area contributed by atoms with Crippen molar-refractivity contribution in [2.24, 2.45) is 0 Å². The van der Waals surface area contributed by atoms with Crippen LogP contribution in [0.3, 0.4) is 0 Å². The van der Waals surface area contributed by atoms with Crippen molar-refractivity contribution in [3.63, 3.8) is 0 Å². The normalized spacial score (nSPS) is 25.6. The third kappa shape index (κ3) is 3.58. The van der Waals surface area contributed by atoms with Gasteiger partial charge in [0.1, 0.15) is 0 Å². The van der Waals surface area contributed by atoms with Crippen molar-refractivity contribution in [3.05, 3.63) is 47.6 Å². The number of hydrogen-bond acceptors (Lipinski definition) is 5. The average Bonchev–Trinajstić information content (AvgIpc) is 3.40. The first-order chi connectivity index (χ1) is 12.7. The lowest BCUT2D eigenvalue weighted by atomic mass is 9.89. The van der Waals surface area contributed by atoms with Crippen LogP contribution in [0.4, 0.5) is 4.79 Å². The van der Waals surface area contributed by atoms with Crippen molar-refractivity contribution < 1.29 is 14.1 Å². The van der Waals surface area contributed by atoms with Crippen molar-refractivity contribution in [1.82, 2.24) is 20.4 Å². The standard InChI is InChI=1S/C19H24N4O3/c1-13-21-18(26-22-13)17-12-23(11-16(17)14-6-3-2-4-7-14)19(24)20-10-15-8-5-9-25-15/h2-4,6-7,15-17H,5,8-12H2,1H3,(H,20,24)/t15-,16-,17+/m0/s1. The zero-order valence-electron chi connectivity index (χ0n) is 14.9. The van der Waals surface area contributed by atoms with Gasteiger partial charge >= 0.3 is 6.03 Å². The molecule has 2 amide bonds. The summed E-state index contributed by atoms with van der Waals surface area (Å²) in [5, 5.41) is 6.94. The van der Waals surface area contributed by atoms with Crippen LogP contribution in [-0.4, -0.2) is 53.4 Å². The third-order valence-corrected chi connectivity index (χ3v) is 5.20. The average molecular weight is 356 g/mol. The number of aryl methyl sites for hydroxylation is 1. The molecule has 0 saturated carbocycles. The fourth-order valence-electron chi connectivity index (χ4n) is 3.84. The van der Waals surface area contributed by atoms with Gasteiger partial charge in [0.15, 0.2) is 5.82 Å². The van der Waals surface area contributed by atoms with Crippen LogP contribution in [0.15, 0.2) is 34.9 Å². The fourth-order valence-corrected chi connectivity index (χ4v) is 3.84. The van der Waals surface area contributed by atoms with Gasteiger partial charge in [-0.05, 0) is 25.3 Å². The minimum Gasteiger partial charge on any atom is -0.376 e. The first kappa shape index (κ1) is 17.0. The summed E-state index contributed by atoms with van der Waals surface area (Å²) in [5.41, 5.74) is 1.18. The Labute approximate surface area is 152 Å². The molecule has 7 heteroatoms. The van der Waals surface area contributed by atoms with Gasteiger partial charge in [0, 0.05) is 32.2 Å². The van der Waals surface area contributed by atoms with Gasteiger partial charge in [-0.3, -0.25) is 0 Å². The van der Waals surface area contributed by atoms with Gasteiger partial charge in [-0.15, -0.1) is 0 Å². The largest absolute Gasteiger partial charge is 0.376 e. The summed E-state index contributed by atoms with van der Waals surface area (Å²) in [6, 6.07) is 10.2. The minimum absolute atomic E-state index is 0.00656. The van der Waals surface area contributed by atoms with Gasteiger partial charge in [-0.25, -0.2) is 4.79 Å². The molecular formula is C19H24N4O3. The van der Waals surface area contributed by atoms with Gasteiger partial charge in [-0.2, -0.15) is 4.98 Å². The molecule has 0 spiro atoms. The van der Waals surface area contributed by atoms with Gasteiger partial charge < -0.3 is 19.5 Å². The lowest BCUT2D eigenvalue weighted by Gasteiger charge is -2.19. The molecule has 1 N–H and O–H groups in total. The molecule has 0 unspecified atom stereocenters. The predicted molar refractivity (Wildman–Crippen MR) is 94.9 cm³/mol. The molecule has 2 aromatic rings. The molecular weight excluding hydrogens is 332 g/mol. The number of rotatable bonds is 4. The highest BCUT2D eigenvalue weighted by Gasteiger charge is 2.40. The first-order valence-corrected chi connectivity index (χ1v) is 9.20.